The summed E-state index contributed by atoms with van der Waals surface area (Å²) in [4.78, 5) is 17.6. The molecule has 1 N–H and O–H groups in total. The molecule has 2 heterocycles. The van der Waals surface area contributed by atoms with E-state index in [1.807, 2.05) is 6.07 Å². The van der Waals surface area contributed by atoms with Gasteiger partial charge in [0.25, 0.3) is 0 Å². The van der Waals surface area contributed by atoms with Crippen molar-refractivity contribution in [3.8, 4) is 0 Å². The first kappa shape index (κ1) is 13.0. The number of carboxylic acids is 1. The summed E-state index contributed by atoms with van der Waals surface area (Å²) in [5.74, 6) is -0.546. The highest BCUT2D eigenvalue weighted by Gasteiger charge is 2.23. The van der Waals surface area contributed by atoms with Crippen LogP contribution in [0.4, 0.5) is 0 Å². The van der Waals surface area contributed by atoms with Gasteiger partial charge in [-0.3, -0.25) is 0 Å². The molecular formula is C14H20N2O2. The molecule has 1 aliphatic heterocycles. The Bertz CT molecular complexity index is 424. The summed E-state index contributed by atoms with van der Waals surface area (Å²) in [5, 5.41) is 8.95. The van der Waals surface area contributed by atoms with Crippen LogP contribution >= 0.6 is 0 Å². The SMILES string of the molecule is CC(C)N1CCC(c2cccc(C(=O)O)n2)CC1. The Labute approximate surface area is 108 Å². The van der Waals surface area contributed by atoms with Gasteiger partial charge in [0.05, 0.1) is 0 Å². The fourth-order valence-corrected chi connectivity index (χ4v) is 2.51. The van der Waals surface area contributed by atoms with E-state index in [1.54, 1.807) is 12.1 Å². The predicted octanol–water partition coefficient (Wildman–Crippen LogP) is 2.37. The van der Waals surface area contributed by atoms with Gasteiger partial charge < -0.3 is 10.0 Å². The summed E-state index contributed by atoms with van der Waals surface area (Å²) in [7, 11) is 0. The van der Waals surface area contributed by atoms with Crippen LogP contribution in [0.25, 0.3) is 0 Å². The molecule has 98 valence electrons. The molecule has 4 nitrogen and oxygen atoms in total. The lowest BCUT2D eigenvalue weighted by Crippen LogP contribution is -2.38. The lowest BCUT2D eigenvalue weighted by molar-refractivity contribution is 0.0690. The van der Waals surface area contributed by atoms with E-state index < -0.39 is 5.97 Å². The van der Waals surface area contributed by atoms with Crippen LogP contribution in [0, 0.1) is 0 Å². The number of carboxylic acid groups (broad SMARTS) is 1. The maximum atomic E-state index is 10.9. The van der Waals surface area contributed by atoms with Gasteiger partial charge in [0, 0.05) is 17.7 Å². The molecule has 2 rings (SSSR count). The third-order valence-corrected chi connectivity index (χ3v) is 3.67. The summed E-state index contributed by atoms with van der Waals surface area (Å²) >= 11 is 0. The van der Waals surface area contributed by atoms with E-state index in [9.17, 15) is 4.79 Å². The zero-order valence-corrected chi connectivity index (χ0v) is 11.0. The summed E-state index contributed by atoms with van der Waals surface area (Å²) in [6, 6.07) is 5.88. The van der Waals surface area contributed by atoms with Gasteiger partial charge in [0.1, 0.15) is 5.69 Å². The van der Waals surface area contributed by atoms with Crippen LogP contribution in [0.5, 0.6) is 0 Å². The van der Waals surface area contributed by atoms with Crippen LogP contribution in [0.2, 0.25) is 0 Å². The molecule has 1 aliphatic rings. The molecule has 0 saturated carbocycles. The molecule has 1 aromatic heterocycles. The van der Waals surface area contributed by atoms with E-state index in [1.165, 1.54) is 0 Å². The van der Waals surface area contributed by atoms with Crippen LogP contribution < -0.4 is 0 Å². The molecule has 0 radical (unpaired) electrons. The zero-order chi connectivity index (χ0) is 13.1. The third kappa shape index (κ3) is 2.88. The second-order valence-corrected chi connectivity index (χ2v) is 5.16. The highest BCUT2D eigenvalue weighted by molar-refractivity contribution is 5.85. The van der Waals surface area contributed by atoms with Crippen molar-refractivity contribution in [2.75, 3.05) is 13.1 Å². The fraction of sp³-hybridized carbons (Fsp3) is 0.571. The molecule has 18 heavy (non-hydrogen) atoms. The monoisotopic (exact) mass is 248 g/mol. The summed E-state index contributed by atoms with van der Waals surface area (Å²) in [5.41, 5.74) is 1.08. The highest BCUT2D eigenvalue weighted by Crippen LogP contribution is 2.27. The van der Waals surface area contributed by atoms with E-state index in [0.29, 0.717) is 12.0 Å². The predicted molar refractivity (Wildman–Crippen MR) is 69.9 cm³/mol. The Morgan fingerprint density at radius 2 is 2.06 bits per heavy atom. The van der Waals surface area contributed by atoms with Crippen molar-refractivity contribution in [3.05, 3.63) is 29.6 Å². The Morgan fingerprint density at radius 1 is 1.39 bits per heavy atom. The van der Waals surface area contributed by atoms with Crippen molar-refractivity contribution in [1.29, 1.82) is 0 Å². The molecule has 0 aromatic carbocycles. The van der Waals surface area contributed by atoms with Gasteiger partial charge in [-0.15, -0.1) is 0 Å². The number of pyridine rings is 1. The molecule has 0 spiro atoms. The number of likely N-dealkylation sites (tertiary alicyclic amines) is 1. The van der Waals surface area contributed by atoms with E-state index in [-0.39, 0.29) is 5.69 Å². The number of hydrogen-bond donors (Lipinski definition) is 1. The van der Waals surface area contributed by atoms with E-state index in [0.717, 1.165) is 31.6 Å². The molecule has 0 unspecified atom stereocenters. The maximum Gasteiger partial charge on any atom is 0.354 e. The van der Waals surface area contributed by atoms with Gasteiger partial charge in [-0.2, -0.15) is 0 Å². The van der Waals surface area contributed by atoms with E-state index in [4.69, 9.17) is 5.11 Å². The first-order chi connectivity index (χ1) is 8.58. The topological polar surface area (TPSA) is 53.4 Å². The summed E-state index contributed by atoms with van der Waals surface area (Å²) in [6.07, 6.45) is 2.13. The maximum absolute atomic E-state index is 10.9. The van der Waals surface area contributed by atoms with Crippen molar-refractivity contribution in [3.63, 3.8) is 0 Å². The lowest BCUT2D eigenvalue weighted by atomic mass is 9.92. The number of hydrogen-bond acceptors (Lipinski definition) is 3. The van der Waals surface area contributed by atoms with Crippen LogP contribution in [0.1, 0.15) is 48.8 Å². The molecule has 1 saturated heterocycles. The average Bonchev–Trinajstić information content (AvgIpc) is 2.39. The van der Waals surface area contributed by atoms with Gasteiger partial charge in [-0.1, -0.05) is 6.07 Å². The normalized spacial score (nSPS) is 18.2. The van der Waals surface area contributed by atoms with Gasteiger partial charge in [-0.05, 0) is 51.9 Å². The number of aromatic carboxylic acids is 1. The quantitative estimate of drug-likeness (QED) is 0.892. The Kier molecular flexibility index (Phi) is 3.97. The molecular weight excluding hydrogens is 228 g/mol. The largest absolute Gasteiger partial charge is 0.477 e. The fourth-order valence-electron chi connectivity index (χ4n) is 2.51. The minimum absolute atomic E-state index is 0.152. The van der Waals surface area contributed by atoms with Crippen molar-refractivity contribution >= 4 is 5.97 Å². The van der Waals surface area contributed by atoms with Crippen molar-refractivity contribution in [2.45, 2.75) is 38.6 Å². The van der Waals surface area contributed by atoms with Gasteiger partial charge in [-0.25, -0.2) is 9.78 Å². The second kappa shape index (κ2) is 5.48. The van der Waals surface area contributed by atoms with Crippen LogP contribution in [-0.4, -0.2) is 40.1 Å². The number of carbonyl (C=O) groups is 1. The van der Waals surface area contributed by atoms with Crippen molar-refractivity contribution < 1.29 is 9.90 Å². The van der Waals surface area contributed by atoms with E-state index in [2.05, 4.69) is 23.7 Å². The minimum Gasteiger partial charge on any atom is -0.477 e. The molecule has 4 heteroatoms. The Hall–Kier alpha value is -1.42. The Balaban J connectivity index is 2.05. The minimum atomic E-state index is -0.948. The molecule has 1 fully saturated rings. The van der Waals surface area contributed by atoms with Crippen LogP contribution in [0.3, 0.4) is 0 Å². The van der Waals surface area contributed by atoms with Crippen molar-refractivity contribution in [2.24, 2.45) is 0 Å². The van der Waals surface area contributed by atoms with Crippen LogP contribution in [-0.2, 0) is 0 Å². The molecule has 0 aliphatic carbocycles. The standard InChI is InChI=1S/C14H20N2O2/c1-10(2)16-8-6-11(7-9-16)12-4-3-5-13(15-12)14(17)18/h3-5,10-11H,6-9H2,1-2H3,(H,17,18). The van der Waals surface area contributed by atoms with Crippen LogP contribution in [0.15, 0.2) is 18.2 Å². The molecule has 0 atom stereocenters. The number of piperidine rings is 1. The number of nitrogens with zero attached hydrogens (tertiary/aromatic N) is 2. The van der Waals surface area contributed by atoms with Gasteiger partial charge in [0.2, 0.25) is 0 Å². The first-order valence-electron chi connectivity index (χ1n) is 6.52. The number of rotatable bonds is 3. The third-order valence-electron chi connectivity index (χ3n) is 3.67. The Morgan fingerprint density at radius 3 is 2.61 bits per heavy atom. The second-order valence-electron chi connectivity index (χ2n) is 5.16. The van der Waals surface area contributed by atoms with Crippen molar-refractivity contribution in [1.82, 2.24) is 9.88 Å². The van der Waals surface area contributed by atoms with Gasteiger partial charge in [0.15, 0.2) is 0 Å². The smallest absolute Gasteiger partial charge is 0.354 e. The van der Waals surface area contributed by atoms with Gasteiger partial charge >= 0.3 is 5.97 Å². The first-order valence-corrected chi connectivity index (χ1v) is 6.52. The summed E-state index contributed by atoms with van der Waals surface area (Å²) < 4.78 is 0. The molecule has 0 amide bonds. The average molecular weight is 248 g/mol. The van der Waals surface area contributed by atoms with E-state index >= 15 is 0 Å². The summed E-state index contributed by atoms with van der Waals surface area (Å²) in [6.45, 7) is 6.57. The molecule has 1 aromatic rings. The molecule has 0 bridgehead atoms. The lowest BCUT2D eigenvalue weighted by Gasteiger charge is -2.34. The zero-order valence-electron chi connectivity index (χ0n) is 11.0. The highest BCUT2D eigenvalue weighted by atomic mass is 16.4. The number of aromatic nitrogens is 1.